The van der Waals surface area contributed by atoms with Gasteiger partial charge in [-0.15, -0.1) is 11.3 Å². The summed E-state index contributed by atoms with van der Waals surface area (Å²) in [5.74, 6) is -0.774. The maximum atomic E-state index is 12.2. The normalized spacial score (nSPS) is 11.3. The zero-order valence-corrected chi connectivity index (χ0v) is 14.4. The molecule has 5 nitrogen and oxygen atoms in total. The van der Waals surface area contributed by atoms with E-state index in [1.54, 1.807) is 0 Å². The average Bonchev–Trinajstić information content (AvgIpc) is 2.94. The van der Waals surface area contributed by atoms with E-state index in [0.29, 0.717) is 5.75 Å². The molecule has 0 aliphatic carbocycles. The van der Waals surface area contributed by atoms with Crippen molar-refractivity contribution in [1.29, 1.82) is 0 Å². The molecule has 1 aromatic carbocycles. The van der Waals surface area contributed by atoms with Crippen molar-refractivity contribution in [3.63, 3.8) is 0 Å². The third-order valence-electron chi connectivity index (χ3n) is 3.33. The highest BCUT2D eigenvalue weighted by Gasteiger charge is 2.22. The number of thiazole rings is 1. The Morgan fingerprint density at radius 3 is 2.57 bits per heavy atom. The molecule has 1 aromatic heterocycles. The smallest absolute Gasteiger partial charge is 0.355 e. The Hall–Kier alpha value is -2.21. The molecule has 0 radical (unpaired) electrons. The van der Waals surface area contributed by atoms with Crippen molar-refractivity contribution in [2.24, 2.45) is 0 Å². The molecule has 23 heavy (non-hydrogen) atoms. The minimum Gasteiger partial charge on any atom is -0.485 e. The van der Waals surface area contributed by atoms with Gasteiger partial charge in [0.05, 0.1) is 0 Å². The molecular weight excluding hydrogens is 314 g/mol. The molecular formula is C17H19NO4S. The fraction of sp³-hybridized carbons (Fsp3) is 0.353. The maximum Gasteiger partial charge on any atom is 0.355 e. The summed E-state index contributed by atoms with van der Waals surface area (Å²) in [5.41, 5.74) is 1.75. The number of benzene rings is 1. The van der Waals surface area contributed by atoms with Crippen molar-refractivity contribution in [3.8, 4) is 5.75 Å². The number of nitrogens with zero attached hydrogens (tertiary/aromatic N) is 1. The number of para-hydroxylation sites is 1. The number of ether oxygens (including phenoxy) is 1. The summed E-state index contributed by atoms with van der Waals surface area (Å²) in [7, 11) is 0. The van der Waals surface area contributed by atoms with Crippen molar-refractivity contribution in [1.82, 2.24) is 4.98 Å². The molecule has 122 valence electrons. The van der Waals surface area contributed by atoms with Crippen LogP contribution in [0.1, 0.15) is 52.2 Å². The van der Waals surface area contributed by atoms with Crippen LogP contribution in [0.5, 0.6) is 5.75 Å². The molecule has 2 rings (SSSR count). The Kier molecular flexibility index (Phi) is 4.85. The highest BCUT2D eigenvalue weighted by molar-refractivity contribution is 7.12. The molecule has 1 heterocycles. The van der Waals surface area contributed by atoms with Gasteiger partial charge >= 0.3 is 5.97 Å². The van der Waals surface area contributed by atoms with Crippen molar-refractivity contribution in [3.05, 3.63) is 45.4 Å². The van der Waals surface area contributed by atoms with Crippen LogP contribution >= 0.6 is 11.3 Å². The largest absolute Gasteiger partial charge is 0.485 e. The summed E-state index contributed by atoms with van der Waals surface area (Å²) in [5, 5.41) is 10.3. The average molecular weight is 333 g/mol. The minimum atomic E-state index is -1.14. The summed E-state index contributed by atoms with van der Waals surface area (Å²) in [6, 6.07) is 5.88. The van der Waals surface area contributed by atoms with Gasteiger partial charge in [-0.2, -0.15) is 0 Å². The second kappa shape index (κ2) is 6.50. The quantitative estimate of drug-likeness (QED) is 0.844. The Morgan fingerprint density at radius 1 is 1.30 bits per heavy atom. The van der Waals surface area contributed by atoms with Gasteiger partial charge in [0.1, 0.15) is 5.75 Å². The molecule has 0 fully saturated rings. The van der Waals surface area contributed by atoms with Crippen molar-refractivity contribution < 1.29 is 19.4 Å². The number of ketones is 1. The number of hydrogen-bond donors (Lipinski definition) is 1. The number of carbonyl (C=O) groups is 2. The van der Waals surface area contributed by atoms with E-state index in [9.17, 15) is 9.59 Å². The maximum absolute atomic E-state index is 12.2. The van der Waals surface area contributed by atoms with Gasteiger partial charge in [0, 0.05) is 5.38 Å². The monoisotopic (exact) mass is 333 g/mol. The molecule has 0 aliphatic rings. The van der Waals surface area contributed by atoms with E-state index in [1.807, 2.05) is 25.1 Å². The van der Waals surface area contributed by atoms with E-state index in [0.717, 1.165) is 22.5 Å². The number of carbonyl (C=O) groups excluding carboxylic acids is 1. The number of rotatable bonds is 5. The lowest BCUT2D eigenvalue weighted by Gasteiger charge is -2.23. The molecule has 1 N–H and O–H groups in total. The van der Waals surface area contributed by atoms with Crippen LogP contribution in [0, 0.1) is 6.92 Å². The summed E-state index contributed by atoms with van der Waals surface area (Å²) < 4.78 is 5.75. The van der Waals surface area contributed by atoms with E-state index in [4.69, 9.17) is 9.84 Å². The second-order valence-electron chi connectivity index (χ2n) is 6.26. The summed E-state index contributed by atoms with van der Waals surface area (Å²) >= 11 is 1.01. The first-order valence-corrected chi connectivity index (χ1v) is 8.03. The first-order chi connectivity index (χ1) is 10.7. The number of aryl methyl sites for hydroxylation is 1. The zero-order chi connectivity index (χ0) is 17.2. The number of Topliss-reactive ketones (excluding diaryl/α,β-unsaturated/α-hetero) is 1. The van der Waals surface area contributed by atoms with Crippen LogP contribution in [-0.4, -0.2) is 28.4 Å². The lowest BCUT2D eigenvalue weighted by Crippen LogP contribution is -2.17. The highest BCUT2D eigenvalue weighted by Crippen LogP contribution is 2.33. The standard InChI is InChI=1S/C17H19NO4S/c1-10-6-5-7-11(17(2,3)4)14(10)22-8-13(19)15-18-12(9-23-15)16(20)21/h5-7,9H,8H2,1-4H3,(H,20,21). The second-order valence-corrected chi connectivity index (χ2v) is 7.11. The van der Waals surface area contributed by atoms with Gasteiger partial charge < -0.3 is 9.84 Å². The van der Waals surface area contributed by atoms with E-state index < -0.39 is 5.97 Å². The van der Waals surface area contributed by atoms with Crippen LogP contribution in [0.15, 0.2) is 23.6 Å². The molecule has 6 heteroatoms. The van der Waals surface area contributed by atoms with Crippen LogP contribution in [0.3, 0.4) is 0 Å². The van der Waals surface area contributed by atoms with Crippen LogP contribution in [0.25, 0.3) is 0 Å². The zero-order valence-electron chi connectivity index (χ0n) is 13.5. The Labute approximate surface area is 138 Å². The van der Waals surface area contributed by atoms with E-state index >= 15 is 0 Å². The molecule has 0 saturated carbocycles. The lowest BCUT2D eigenvalue weighted by atomic mass is 9.85. The Bertz CT molecular complexity index is 743. The van der Waals surface area contributed by atoms with E-state index in [-0.39, 0.29) is 28.5 Å². The number of aromatic carboxylic acids is 1. The van der Waals surface area contributed by atoms with Gasteiger partial charge in [-0.3, -0.25) is 4.79 Å². The predicted molar refractivity (Wildman–Crippen MR) is 88.8 cm³/mol. The molecule has 0 amide bonds. The van der Waals surface area contributed by atoms with Gasteiger partial charge in [-0.05, 0) is 23.5 Å². The van der Waals surface area contributed by atoms with Gasteiger partial charge in [0.15, 0.2) is 17.3 Å². The molecule has 0 aliphatic heterocycles. The first-order valence-electron chi connectivity index (χ1n) is 7.15. The third-order valence-corrected chi connectivity index (χ3v) is 4.21. The fourth-order valence-corrected chi connectivity index (χ4v) is 2.85. The molecule has 0 unspecified atom stereocenters. The fourth-order valence-electron chi connectivity index (χ4n) is 2.13. The first kappa shape index (κ1) is 17.1. The Morgan fingerprint density at radius 2 is 2.00 bits per heavy atom. The van der Waals surface area contributed by atoms with Crippen LogP contribution in [0.2, 0.25) is 0 Å². The molecule has 0 bridgehead atoms. The highest BCUT2D eigenvalue weighted by atomic mass is 32.1. The molecule has 0 atom stereocenters. The van der Waals surface area contributed by atoms with Crippen molar-refractivity contribution in [2.45, 2.75) is 33.1 Å². The number of hydrogen-bond acceptors (Lipinski definition) is 5. The van der Waals surface area contributed by atoms with Gasteiger partial charge in [0.25, 0.3) is 0 Å². The van der Waals surface area contributed by atoms with E-state index in [2.05, 4.69) is 25.8 Å². The molecule has 0 saturated heterocycles. The van der Waals surface area contributed by atoms with E-state index in [1.165, 1.54) is 5.38 Å². The van der Waals surface area contributed by atoms with Gasteiger partial charge in [-0.25, -0.2) is 9.78 Å². The third kappa shape index (κ3) is 3.96. The molecule has 2 aromatic rings. The SMILES string of the molecule is Cc1cccc(C(C)(C)C)c1OCC(=O)c1nc(C(=O)O)cs1. The minimum absolute atomic E-state index is 0.109. The number of aromatic nitrogens is 1. The number of carboxylic acids is 1. The lowest BCUT2D eigenvalue weighted by molar-refractivity contribution is 0.0691. The topological polar surface area (TPSA) is 76.5 Å². The van der Waals surface area contributed by atoms with Crippen LogP contribution in [-0.2, 0) is 5.41 Å². The summed E-state index contributed by atoms with van der Waals surface area (Å²) in [4.78, 5) is 26.8. The van der Waals surface area contributed by atoms with Crippen molar-refractivity contribution in [2.75, 3.05) is 6.61 Å². The summed E-state index contributed by atoms with van der Waals surface area (Å²) in [6.07, 6.45) is 0. The Balaban J connectivity index is 2.17. The van der Waals surface area contributed by atoms with Crippen LogP contribution < -0.4 is 4.74 Å². The van der Waals surface area contributed by atoms with Crippen LogP contribution in [0.4, 0.5) is 0 Å². The van der Waals surface area contributed by atoms with Crippen molar-refractivity contribution >= 4 is 23.1 Å². The molecule has 0 spiro atoms. The predicted octanol–water partition coefficient (Wildman–Crippen LogP) is 3.71. The van der Waals surface area contributed by atoms with Gasteiger partial charge in [0.2, 0.25) is 5.78 Å². The summed E-state index contributed by atoms with van der Waals surface area (Å²) in [6.45, 7) is 8.00. The van der Waals surface area contributed by atoms with Gasteiger partial charge in [-0.1, -0.05) is 39.0 Å². The number of carboxylic acid groups (broad SMARTS) is 1.